The summed E-state index contributed by atoms with van der Waals surface area (Å²) >= 11 is 0. The molecule has 0 aromatic carbocycles. The van der Waals surface area contributed by atoms with Gasteiger partial charge in [0.25, 0.3) is 0 Å². The van der Waals surface area contributed by atoms with E-state index in [2.05, 4.69) is 38.0 Å². The van der Waals surface area contributed by atoms with Gasteiger partial charge in [-0.1, -0.05) is 18.6 Å². The van der Waals surface area contributed by atoms with Gasteiger partial charge in [-0.3, -0.25) is 4.68 Å². The lowest BCUT2D eigenvalue weighted by Gasteiger charge is -2.29. The Morgan fingerprint density at radius 1 is 1.47 bits per heavy atom. The Kier molecular flexibility index (Phi) is 4.46. The first-order valence-electron chi connectivity index (χ1n) is 7.38. The Hall–Kier alpha value is -1.09. The molecule has 0 aliphatic heterocycles. The van der Waals surface area contributed by atoms with E-state index in [9.17, 15) is 5.11 Å². The molecule has 0 saturated carbocycles. The van der Waals surface area contributed by atoms with E-state index < -0.39 is 0 Å². The van der Waals surface area contributed by atoms with E-state index in [0.29, 0.717) is 11.8 Å². The molecule has 0 saturated heterocycles. The molecule has 3 unspecified atom stereocenters. The van der Waals surface area contributed by atoms with Gasteiger partial charge in [0, 0.05) is 18.7 Å². The standard InChI is InChI=1S/C16H26N2O/c1-5-18-15(9-13(4)17-18)10-16(19)14-7-11(2)6-12(3)8-14/h6,9,11,14,16,19H,5,7-8,10H2,1-4H3. The Bertz CT molecular complexity index is 461. The third kappa shape index (κ3) is 3.47. The number of hydrogen-bond acceptors (Lipinski definition) is 2. The van der Waals surface area contributed by atoms with Crippen LogP contribution in [0.15, 0.2) is 17.7 Å². The van der Waals surface area contributed by atoms with Crippen molar-refractivity contribution in [1.29, 1.82) is 0 Å². The van der Waals surface area contributed by atoms with E-state index >= 15 is 0 Å². The Labute approximate surface area is 116 Å². The van der Waals surface area contributed by atoms with Crippen LogP contribution in [0, 0.1) is 18.8 Å². The Balaban J connectivity index is 2.04. The van der Waals surface area contributed by atoms with Crippen molar-refractivity contribution in [2.24, 2.45) is 11.8 Å². The normalized spacial score (nSPS) is 25.2. The highest BCUT2D eigenvalue weighted by Crippen LogP contribution is 2.31. The molecule has 1 aliphatic rings. The summed E-state index contributed by atoms with van der Waals surface area (Å²) < 4.78 is 2.01. The molecule has 0 bridgehead atoms. The van der Waals surface area contributed by atoms with E-state index in [0.717, 1.165) is 37.2 Å². The molecule has 1 aliphatic carbocycles. The van der Waals surface area contributed by atoms with E-state index in [1.54, 1.807) is 0 Å². The van der Waals surface area contributed by atoms with Crippen LogP contribution in [0.5, 0.6) is 0 Å². The lowest BCUT2D eigenvalue weighted by Crippen LogP contribution is -2.28. The molecule has 3 atom stereocenters. The molecule has 1 heterocycles. The van der Waals surface area contributed by atoms with E-state index in [1.807, 2.05) is 11.6 Å². The second-order valence-electron chi connectivity index (χ2n) is 6.05. The van der Waals surface area contributed by atoms with Crippen LogP contribution in [-0.2, 0) is 13.0 Å². The molecule has 0 amide bonds. The summed E-state index contributed by atoms with van der Waals surface area (Å²) in [4.78, 5) is 0. The van der Waals surface area contributed by atoms with Gasteiger partial charge in [-0.15, -0.1) is 0 Å². The van der Waals surface area contributed by atoms with Gasteiger partial charge in [0.1, 0.15) is 0 Å². The van der Waals surface area contributed by atoms with Crippen molar-refractivity contribution >= 4 is 0 Å². The van der Waals surface area contributed by atoms with Crippen molar-refractivity contribution in [2.45, 2.75) is 59.6 Å². The van der Waals surface area contributed by atoms with Gasteiger partial charge in [0.05, 0.1) is 11.8 Å². The van der Waals surface area contributed by atoms with E-state index in [4.69, 9.17) is 0 Å². The van der Waals surface area contributed by atoms with Crippen molar-refractivity contribution in [3.8, 4) is 0 Å². The number of aryl methyl sites for hydroxylation is 2. The number of nitrogens with zero attached hydrogens (tertiary/aromatic N) is 2. The van der Waals surface area contributed by atoms with Gasteiger partial charge < -0.3 is 5.11 Å². The maximum absolute atomic E-state index is 10.5. The lowest BCUT2D eigenvalue weighted by molar-refractivity contribution is 0.0913. The second-order valence-corrected chi connectivity index (χ2v) is 6.05. The second kappa shape index (κ2) is 5.91. The van der Waals surface area contributed by atoms with E-state index in [1.165, 1.54) is 5.57 Å². The highest BCUT2D eigenvalue weighted by molar-refractivity contribution is 5.12. The summed E-state index contributed by atoms with van der Waals surface area (Å²) in [6, 6.07) is 2.10. The number of allylic oxidation sites excluding steroid dienone is 2. The number of hydrogen-bond donors (Lipinski definition) is 1. The number of aromatic nitrogens is 2. The molecule has 3 heteroatoms. The molecule has 0 radical (unpaired) electrons. The zero-order valence-corrected chi connectivity index (χ0v) is 12.6. The van der Waals surface area contributed by atoms with Crippen LogP contribution in [0.4, 0.5) is 0 Å². The average Bonchev–Trinajstić information content (AvgIpc) is 2.68. The number of aliphatic hydroxyl groups is 1. The van der Waals surface area contributed by atoms with Crippen LogP contribution >= 0.6 is 0 Å². The van der Waals surface area contributed by atoms with Crippen LogP contribution < -0.4 is 0 Å². The zero-order valence-electron chi connectivity index (χ0n) is 12.6. The fourth-order valence-electron chi connectivity index (χ4n) is 3.31. The molecule has 2 rings (SSSR count). The van der Waals surface area contributed by atoms with Crippen LogP contribution in [0.3, 0.4) is 0 Å². The minimum atomic E-state index is -0.257. The molecule has 19 heavy (non-hydrogen) atoms. The van der Waals surface area contributed by atoms with Crippen molar-refractivity contribution in [3.63, 3.8) is 0 Å². The first-order chi connectivity index (χ1) is 8.99. The van der Waals surface area contributed by atoms with E-state index in [-0.39, 0.29) is 6.10 Å². The highest BCUT2D eigenvalue weighted by atomic mass is 16.3. The monoisotopic (exact) mass is 262 g/mol. The summed E-state index contributed by atoms with van der Waals surface area (Å²) in [6.07, 6.45) is 4.93. The first-order valence-corrected chi connectivity index (χ1v) is 7.38. The molecule has 3 nitrogen and oxygen atoms in total. The number of aliphatic hydroxyl groups excluding tert-OH is 1. The molecule has 0 spiro atoms. The smallest absolute Gasteiger partial charge is 0.0626 e. The average molecular weight is 262 g/mol. The van der Waals surface area contributed by atoms with Crippen molar-refractivity contribution in [2.75, 3.05) is 0 Å². The quantitative estimate of drug-likeness (QED) is 0.847. The van der Waals surface area contributed by atoms with Crippen molar-refractivity contribution in [3.05, 3.63) is 29.1 Å². The summed E-state index contributed by atoms with van der Waals surface area (Å²) in [5, 5.41) is 15.0. The van der Waals surface area contributed by atoms with Crippen LogP contribution in [0.25, 0.3) is 0 Å². The predicted molar refractivity (Wildman–Crippen MR) is 78.0 cm³/mol. The molecule has 1 aromatic heterocycles. The molecule has 1 N–H and O–H groups in total. The van der Waals surface area contributed by atoms with Gasteiger partial charge in [-0.25, -0.2) is 0 Å². The van der Waals surface area contributed by atoms with Crippen molar-refractivity contribution in [1.82, 2.24) is 9.78 Å². The maximum atomic E-state index is 10.5. The van der Waals surface area contributed by atoms with Gasteiger partial charge >= 0.3 is 0 Å². The topological polar surface area (TPSA) is 38.0 Å². The molecular weight excluding hydrogens is 236 g/mol. The Morgan fingerprint density at radius 2 is 2.21 bits per heavy atom. The van der Waals surface area contributed by atoms with Gasteiger partial charge in [0.15, 0.2) is 0 Å². The fourth-order valence-corrected chi connectivity index (χ4v) is 3.31. The molecule has 0 fully saturated rings. The lowest BCUT2D eigenvalue weighted by atomic mass is 9.79. The SMILES string of the molecule is CCn1nc(C)cc1CC(O)C1CC(C)=CC(C)C1. The summed E-state index contributed by atoms with van der Waals surface area (Å²) in [7, 11) is 0. The molecule has 1 aromatic rings. The van der Waals surface area contributed by atoms with Crippen LogP contribution in [-0.4, -0.2) is 21.0 Å². The first kappa shape index (κ1) is 14.3. The minimum Gasteiger partial charge on any atom is -0.392 e. The summed E-state index contributed by atoms with van der Waals surface area (Å²) in [6.45, 7) is 9.39. The molecular formula is C16H26N2O. The molecule has 106 valence electrons. The summed E-state index contributed by atoms with van der Waals surface area (Å²) in [5.74, 6) is 0.978. The van der Waals surface area contributed by atoms with Gasteiger partial charge in [-0.2, -0.15) is 5.10 Å². The zero-order chi connectivity index (χ0) is 14.0. The van der Waals surface area contributed by atoms with Crippen molar-refractivity contribution < 1.29 is 5.11 Å². The summed E-state index contributed by atoms with van der Waals surface area (Å²) in [5.41, 5.74) is 3.62. The largest absolute Gasteiger partial charge is 0.392 e. The third-order valence-electron chi connectivity index (χ3n) is 4.08. The number of rotatable bonds is 4. The van der Waals surface area contributed by atoms with Crippen LogP contribution in [0.1, 0.15) is 45.0 Å². The third-order valence-corrected chi connectivity index (χ3v) is 4.08. The maximum Gasteiger partial charge on any atom is 0.0626 e. The fraction of sp³-hybridized carbons (Fsp3) is 0.688. The highest BCUT2D eigenvalue weighted by Gasteiger charge is 2.25. The Morgan fingerprint density at radius 3 is 2.84 bits per heavy atom. The van der Waals surface area contributed by atoms with Gasteiger partial charge in [0.2, 0.25) is 0 Å². The van der Waals surface area contributed by atoms with Gasteiger partial charge in [-0.05, 0) is 51.5 Å². The van der Waals surface area contributed by atoms with Crippen LogP contribution in [0.2, 0.25) is 0 Å². The predicted octanol–water partition coefficient (Wildman–Crippen LogP) is 3.11. The minimum absolute atomic E-state index is 0.257.